The zero-order valence-electron chi connectivity index (χ0n) is 10.8. The van der Waals surface area contributed by atoms with E-state index in [4.69, 9.17) is 13.9 Å². The van der Waals surface area contributed by atoms with Crippen molar-refractivity contribution in [1.29, 1.82) is 0 Å². The fourth-order valence-electron chi connectivity index (χ4n) is 2.20. The average molecular weight is 258 g/mol. The molecule has 1 atom stereocenters. The Labute approximate surface area is 110 Å². The zero-order valence-corrected chi connectivity index (χ0v) is 10.8. The lowest BCUT2D eigenvalue weighted by Gasteiger charge is -2.25. The molecule has 0 bridgehead atoms. The molecule has 2 aromatic rings. The third-order valence-electron chi connectivity index (χ3n) is 3.11. The maximum absolute atomic E-state index is 12.4. The van der Waals surface area contributed by atoms with Crippen LogP contribution < -0.4 is 9.47 Å². The molecule has 0 N–H and O–H groups in total. The number of carbonyl (C=O) groups is 1. The predicted molar refractivity (Wildman–Crippen MR) is 68.9 cm³/mol. The molecule has 0 saturated carbocycles. The van der Waals surface area contributed by atoms with Gasteiger partial charge in [0.1, 0.15) is 18.1 Å². The van der Waals surface area contributed by atoms with Crippen LogP contribution in [0.15, 0.2) is 34.7 Å². The van der Waals surface area contributed by atoms with Crippen molar-refractivity contribution < 1.29 is 18.7 Å². The standard InChI is InChI=1S/C15H14O4/c1-9-7-11(10(2)18-9)15(16)14-8-17-12-5-3-4-6-13(12)19-14/h3-7,14H,8H2,1-2H3. The monoisotopic (exact) mass is 258 g/mol. The summed E-state index contributed by atoms with van der Waals surface area (Å²) in [7, 11) is 0. The quantitative estimate of drug-likeness (QED) is 0.777. The highest BCUT2D eigenvalue weighted by Crippen LogP contribution is 2.32. The second-order valence-corrected chi connectivity index (χ2v) is 4.56. The van der Waals surface area contributed by atoms with Gasteiger partial charge in [0.2, 0.25) is 5.78 Å². The molecule has 3 rings (SSSR count). The first-order valence-electron chi connectivity index (χ1n) is 6.15. The minimum atomic E-state index is -0.620. The summed E-state index contributed by atoms with van der Waals surface area (Å²) in [6.07, 6.45) is -0.620. The van der Waals surface area contributed by atoms with E-state index >= 15 is 0 Å². The highest BCUT2D eigenvalue weighted by atomic mass is 16.6. The molecule has 1 aromatic carbocycles. The van der Waals surface area contributed by atoms with Crippen molar-refractivity contribution in [3.63, 3.8) is 0 Å². The van der Waals surface area contributed by atoms with Crippen LogP contribution in [-0.2, 0) is 0 Å². The fraction of sp³-hybridized carbons (Fsp3) is 0.267. The van der Waals surface area contributed by atoms with E-state index in [2.05, 4.69) is 0 Å². The minimum absolute atomic E-state index is 0.108. The molecule has 0 fully saturated rings. The Balaban J connectivity index is 1.85. The summed E-state index contributed by atoms with van der Waals surface area (Å²) in [5.41, 5.74) is 0.561. The summed E-state index contributed by atoms with van der Waals surface area (Å²) in [6.45, 7) is 3.81. The third-order valence-corrected chi connectivity index (χ3v) is 3.11. The third kappa shape index (κ3) is 2.10. The minimum Gasteiger partial charge on any atom is -0.485 e. The summed E-state index contributed by atoms with van der Waals surface area (Å²) in [5.74, 6) is 2.50. The largest absolute Gasteiger partial charge is 0.485 e. The molecule has 4 heteroatoms. The molecule has 98 valence electrons. The van der Waals surface area contributed by atoms with Gasteiger partial charge in [-0.05, 0) is 32.0 Å². The van der Waals surface area contributed by atoms with Gasteiger partial charge in [0.25, 0.3) is 0 Å². The van der Waals surface area contributed by atoms with Gasteiger partial charge >= 0.3 is 0 Å². The van der Waals surface area contributed by atoms with E-state index in [1.807, 2.05) is 25.1 Å². The Kier molecular flexibility index (Phi) is 2.78. The molecule has 0 amide bonds. The van der Waals surface area contributed by atoms with E-state index in [0.717, 1.165) is 5.76 Å². The van der Waals surface area contributed by atoms with E-state index in [1.165, 1.54) is 0 Å². The van der Waals surface area contributed by atoms with Crippen LogP contribution >= 0.6 is 0 Å². The number of furan rings is 1. The SMILES string of the molecule is Cc1cc(C(=O)C2COc3ccccc3O2)c(C)o1. The van der Waals surface area contributed by atoms with Crippen LogP contribution in [0.1, 0.15) is 21.9 Å². The molecule has 0 saturated heterocycles. The summed E-state index contributed by atoms with van der Waals surface area (Å²) >= 11 is 0. The Morgan fingerprint density at radius 3 is 2.63 bits per heavy atom. The normalized spacial score (nSPS) is 17.3. The highest BCUT2D eigenvalue weighted by molar-refractivity contribution is 6.00. The van der Waals surface area contributed by atoms with Crippen molar-refractivity contribution in [1.82, 2.24) is 0 Å². The van der Waals surface area contributed by atoms with Crippen molar-refractivity contribution in [3.05, 3.63) is 47.4 Å². The molecule has 1 unspecified atom stereocenters. The van der Waals surface area contributed by atoms with Crippen LogP contribution in [0.25, 0.3) is 0 Å². The summed E-state index contributed by atoms with van der Waals surface area (Å²) in [4.78, 5) is 12.4. The molecule has 0 spiro atoms. The first kappa shape index (κ1) is 11.8. The van der Waals surface area contributed by atoms with Crippen molar-refractivity contribution in [2.75, 3.05) is 6.61 Å². The number of ether oxygens (including phenoxy) is 2. The van der Waals surface area contributed by atoms with Crippen molar-refractivity contribution >= 4 is 5.78 Å². The van der Waals surface area contributed by atoms with Crippen LogP contribution in [0.2, 0.25) is 0 Å². The molecule has 0 radical (unpaired) electrons. The van der Waals surface area contributed by atoms with Gasteiger partial charge in [-0.1, -0.05) is 12.1 Å². The van der Waals surface area contributed by atoms with Crippen molar-refractivity contribution in [3.8, 4) is 11.5 Å². The molecular formula is C15H14O4. The molecular weight excluding hydrogens is 244 g/mol. The van der Waals surface area contributed by atoms with Gasteiger partial charge in [0.15, 0.2) is 17.6 Å². The molecule has 0 aliphatic carbocycles. The Hall–Kier alpha value is -2.23. The Morgan fingerprint density at radius 2 is 1.95 bits per heavy atom. The molecule has 4 nitrogen and oxygen atoms in total. The van der Waals surface area contributed by atoms with E-state index in [9.17, 15) is 4.79 Å². The van der Waals surface area contributed by atoms with Gasteiger partial charge in [0, 0.05) is 0 Å². The van der Waals surface area contributed by atoms with Crippen molar-refractivity contribution in [2.45, 2.75) is 20.0 Å². The van der Waals surface area contributed by atoms with Gasteiger partial charge < -0.3 is 13.9 Å². The van der Waals surface area contributed by atoms with Crippen LogP contribution in [0.5, 0.6) is 11.5 Å². The summed E-state index contributed by atoms with van der Waals surface area (Å²) in [5, 5.41) is 0. The van der Waals surface area contributed by atoms with E-state index in [0.29, 0.717) is 22.8 Å². The molecule has 1 aliphatic rings. The van der Waals surface area contributed by atoms with Gasteiger partial charge in [0.05, 0.1) is 5.56 Å². The lowest BCUT2D eigenvalue weighted by Crippen LogP contribution is -2.36. The van der Waals surface area contributed by atoms with E-state index < -0.39 is 6.10 Å². The maximum Gasteiger partial charge on any atom is 0.210 e. The van der Waals surface area contributed by atoms with Crippen LogP contribution in [0.4, 0.5) is 0 Å². The molecule has 1 aromatic heterocycles. The molecule has 1 aliphatic heterocycles. The van der Waals surface area contributed by atoms with Crippen LogP contribution in [-0.4, -0.2) is 18.5 Å². The number of hydrogen-bond acceptors (Lipinski definition) is 4. The highest BCUT2D eigenvalue weighted by Gasteiger charge is 2.30. The second-order valence-electron chi connectivity index (χ2n) is 4.56. The van der Waals surface area contributed by atoms with E-state index in [1.54, 1.807) is 19.1 Å². The van der Waals surface area contributed by atoms with Gasteiger partial charge in [-0.3, -0.25) is 4.79 Å². The average Bonchev–Trinajstić information content (AvgIpc) is 2.76. The Morgan fingerprint density at radius 1 is 1.21 bits per heavy atom. The molecule has 19 heavy (non-hydrogen) atoms. The summed E-state index contributed by atoms with van der Waals surface area (Å²) in [6, 6.07) is 9.07. The second kappa shape index (κ2) is 4.46. The van der Waals surface area contributed by atoms with Crippen molar-refractivity contribution in [2.24, 2.45) is 0 Å². The number of aryl methyl sites for hydroxylation is 2. The van der Waals surface area contributed by atoms with Crippen LogP contribution in [0, 0.1) is 13.8 Å². The lowest BCUT2D eigenvalue weighted by atomic mass is 10.1. The predicted octanol–water partition coefficient (Wildman–Crippen LogP) is 2.92. The van der Waals surface area contributed by atoms with Crippen LogP contribution in [0.3, 0.4) is 0 Å². The molecule has 2 heterocycles. The summed E-state index contributed by atoms with van der Waals surface area (Å²) < 4.78 is 16.6. The number of fused-ring (bicyclic) bond motifs is 1. The lowest BCUT2D eigenvalue weighted by molar-refractivity contribution is 0.0584. The topological polar surface area (TPSA) is 48.7 Å². The number of benzene rings is 1. The van der Waals surface area contributed by atoms with Gasteiger partial charge in [-0.2, -0.15) is 0 Å². The number of carbonyl (C=O) groups excluding carboxylic acids is 1. The first-order valence-corrected chi connectivity index (χ1v) is 6.15. The van der Waals surface area contributed by atoms with Gasteiger partial charge in [-0.15, -0.1) is 0 Å². The smallest absolute Gasteiger partial charge is 0.210 e. The van der Waals surface area contributed by atoms with Gasteiger partial charge in [-0.25, -0.2) is 0 Å². The number of hydrogen-bond donors (Lipinski definition) is 0. The first-order chi connectivity index (χ1) is 9.15. The maximum atomic E-state index is 12.4. The number of para-hydroxylation sites is 2. The zero-order chi connectivity index (χ0) is 13.4. The number of Topliss-reactive ketones (excluding diaryl/α,β-unsaturated/α-hetero) is 1. The number of ketones is 1. The number of rotatable bonds is 2. The fourth-order valence-corrected chi connectivity index (χ4v) is 2.20. The Bertz CT molecular complexity index is 627. The van der Waals surface area contributed by atoms with E-state index in [-0.39, 0.29) is 12.4 Å².